The number of benzene rings is 8. The number of para-hydroxylation sites is 1. The molecule has 53 heavy (non-hydrogen) atoms. The van der Waals surface area contributed by atoms with Crippen molar-refractivity contribution in [3.8, 4) is 44.5 Å². The van der Waals surface area contributed by atoms with Crippen LogP contribution in [0.2, 0.25) is 0 Å². The second-order valence-corrected chi connectivity index (χ2v) is 14.5. The molecule has 1 aliphatic carbocycles. The van der Waals surface area contributed by atoms with Crippen molar-refractivity contribution in [2.75, 3.05) is 4.90 Å². The summed E-state index contributed by atoms with van der Waals surface area (Å²) in [7, 11) is 0. The first kappa shape index (κ1) is 31.1. The van der Waals surface area contributed by atoms with E-state index in [9.17, 15) is 0 Å². The van der Waals surface area contributed by atoms with Gasteiger partial charge < -0.3 is 9.32 Å². The number of fused-ring (bicyclic) bond motifs is 6. The van der Waals surface area contributed by atoms with Gasteiger partial charge in [-0.2, -0.15) is 0 Å². The molecule has 9 aromatic rings. The van der Waals surface area contributed by atoms with E-state index in [1.54, 1.807) is 0 Å². The van der Waals surface area contributed by atoms with Crippen molar-refractivity contribution >= 4 is 39.0 Å². The summed E-state index contributed by atoms with van der Waals surface area (Å²) in [6, 6.07) is 68.0. The van der Waals surface area contributed by atoms with Crippen LogP contribution in [0.4, 0.5) is 17.1 Å². The molecule has 0 saturated heterocycles. The molecule has 0 atom stereocenters. The molecule has 0 amide bonds. The lowest BCUT2D eigenvalue weighted by atomic mass is 9.82. The Hall–Kier alpha value is -6.64. The van der Waals surface area contributed by atoms with Gasteiger partial charge in [0, 0.05) is 33.1 Å². The summed E-state index contributed by atoms with van der Waals surface area (Å²) in [5.74, 6) is 0. The summed E-state index contributed by atoms with van der Waals surface area (Å²) >= 11 is 0. The third kappa shape index (κ3) is 5.10. The van der Waals surface area contributed by atoms with Crippen molar-refractivity contribution in [1.29, 1.82) is 0 Å². The Bertz CT molecular complexity index is 2810. The van der Waals surface area contributed by atoms with Crippen molar-refractivity contribution in [2.45, 2.75) is 19.3 Å². The van der Waals surface area contributed by atoms with Gasteiger partial charge in [-0.3, -0.25) is 0 Å². The summed E-state index contributed by atoms with van der Waals surface area (Å²) in [4.78, 5) is 2.44. The zero-order chi connectivity index (χ0) is 35.5. The lowest BCUT2D eigenvalue weighted by molar-refractivity contribution is 0.660. The molecule has 0 spiro atoms. The van der Waals surface area contributed by atoms with Crippen molar-refractivity contribution in [3.05, 3.63) is 199 Å². The second kappa shape index (κ2) is 12.3. The van der Waals surface area contributed by atoms with Crippen LogP contribution in [0.3, 0.4) is 0 Å². The maximum absolute atomic E-state index is 6.31. The Kier molecular flexibility index (Phi) is 7.19. The van der Waals surface area contributed by atoms with Crippen LogP contribution in [0.25, 0.3) is 66.4 Å². The zero-order valence-corrected chi connectivity index (χ0v) is 29.8. The van der Waals surface area contributed by atoms with Gasteiger partial charge in [-0.15, -0.1) is 0 Å². The quantitative estimate of drug-likeness (QED) is 0.174. The molecule has 10 rings (SSSR count). The number of anilines is 3. The van der Waals surface area contributed by atoms with Gasteiger partial charge in [0.25, 0.3) is 0 Å². The second-order valence-electron chi connectivity index (χ2n) is 14.5. The Morgan fingerprint density at radius 1 is 0.377 bits per heavy atom. The third-order valence-electron chi connectivity index (χ3n) is 11.1. The van der Waals surface area contributed by atoms with E-state index in [4.69, 9.17) is 4.42 Å². The molecule has 1 heterocycles. The average molecular weight is 680 g/mol. The monoisotopic (exact) mass is 679 g/mol. The Morgan fingerprint density at radius 3 is 1.72 bits per heavy atom. The van der Waals surface area contributed by atoms with Gasteiger partial charge in [-0.1, -0.05) is 153 Å². The molecule has 0 N–H and O–H groups in total. The molecular formula is C51H37NO. The minimum absolute atomic E-state index is 0.133. The van der Waals surface area contributed by atoms with Crippen LogP contribution in [0.15, 0.2) is 192 Å². The summed E-state index contributed by atoms with van der Waals surface area (Å²) in [5, 5.41) is 2.22. The van der Waals surface area contributed by atoms with Gasteiger partial charge in [0.15, 0.2) is 0 Å². The van der Waals surface area contributed by atoms with Crippen LogP contribution in [-0.4, -0.2) is 0 Å². The van der Waals surface area contributed by atoms with Crippen LogP contribution in [-0.2, 0) is 5.41 Å². The van der Waals surface area contributed by atoms with Crippen LogP contribution < -0.4 is 4.90 Å². The molecule has 0 aliphatic heterocycles. The number of nitrogens with zero attached hydrogens (tertiary/aromatic N) is 1. The number of rotatable bonds is 6. The fraction of sp³-hybridized carbons (Fsp3) is 0.0588. The Morgan fingerprint density at radius 2 is 0.943 bits per heavy atom. The largest absolute Gasteiger partial charge is 0.456 e. The molecule has 0 radical (unpaired) electrons. The highest BCUT2D eigenvalue weighted by Crippen LogP contribution is 2.52. The topological polar surface area (TPSA) is 16.4 Å². The molecule has 1 aliphatic rings. The standard InChI is InChI=1S/C51H37NO/c1-51(2)46-23-13-11-21-41(46)42-28-26-38(33-47(42)51)52(37-27-30-50-45(32-37)43-22-12-14-24-49(43)53-50)48-29-25-36(31-44(48)35-17-7-4-8-18-35)40-20-10-9-19-39(40)34-15-5-3-6-16-34/h3-33H,1-2H3. The fourth-order valence-electron chi connectivity index (χ4n) is 8.46. The van der Waals surface area contributed by atoms with E-state index in [1.165, 1.54) is 44.5 Å². The zero-order valence-electron chi connectivity index (χ0n) is 29.8. The first-order valence-corrected chi connectivity index (χ1v) is 18.3. The van der Waals surface area contributed by atoms with Crippen LogP contribution >= 0.6 is 0 Å². The summed E-state index contributed by atoms with van der Waals surface area (Å²) < 4.78 is 6.31. The summed E-state index contributed by atoms with van der Waals surface area (Å²) in [6.07, 6.45) is 0. The van der Waals surface area contributed by atoms with Crippen molar-refractivity contribution in [1.82, 2.24) is 0 Å². The number of hydrogen-bond donors (Lipinski definition) is 0. The average Bonchev–Trinajstić information content (AvgIpc) is 3.70. The van der Waals surface area contributed by atoms with E-state index in [2.05, 4.69) is 195 Å². The number of furan rings is 1. The van der Waals surface area contributed by atoms with Gasteiger partial charge in [0.05, 0.1) is 5.69 Å². The molecule has 8 aromatic carbocycles. The van der Waals surface area contributed by atoms with Crippen molar-refractivity contribution in [3.63, 3.8) is 0 Å². The molecule has 0 unspecified atom stereocenters. The van der Waals surface area contributed by atoms with Gasteiger partial charge in [-0.05, 0) is 98.6 Å². The van der Waals surface area contributed by atoms with Crippen LogP contribution in [0, 0.1) is 0 Å². The van der Waals surface area contributed by atoms with E-state index in [0.717, 1.165) is 50.1 Å². The normalized spacial score (nSPS) is 12.9. The predicted octanol–water partition coefficient (Wildman–Crippen LogP) is 14.4. The summed E-state index contributed by atoms with van der Waals surface area (Å²) in [6.45, 7) is 4.70. The van der Waals surface area contributed by atoms with Gasteiger partial charge in [-0.25, -0.2) is 0 Å². The highest BCUT2D eigenvalue weighted by molar-refractivity contribution is 6.07. The maximum Gasteiger partial charge on any atom is 0.135 e. The van der Waals surface area contributed by atoms with Gasteiger partial charge in [0.2, 0.25) is 0 Å². The molecule has 0 bridgehead atoms. The Labute approximate surface area is 310 Å². The molecular weight excluding hydrogens is 643 g/mol. The first-order chi connectivity index (χ1) is 26.0. The van der Waals surface area contributed by atoms with Crippen LogP contribution in [0.5, 0.6) is 0 Å². The maximum atomic E-state index is 6.31. The third-order valence-corrected chi connectivity index (χ3v) is 11.1. The van der Waals surface area contributed by atoms with E-state index in [-0.39, 0.29) is 5.41 Å². The minimum Gasteiger partial charge on any atom is -0.456 e. The van der Waals surface area contributed by atoms with E-state index in [1.807, 2.05) is 12.1 Å². The number of hydrogen-bond acceptors (Lipinski definition) is 2. The van der Waals surface area contributed by atoms with E-state index >= 15 is 0 Å². The van der Waals surface area contributed by atoms with Crippen molar-refractivity contribution in [2.24, 2.45) is 0 Å². The molecule has 1 aromatic heterocycles. The van der Waals surface area contributed by atoms with Gasteiger partial charge in [0.1, 0.15) is 11.2 Å². The smallest absolute Gasteiger partial charge is 0.135 e. The van der Waals surface area contributed by atoms with Crippen molar-refractivity contribution < 1.29 is 4.42 Å². The highest BCUT2D eigenvalue weighted by Gasteiger charge is 2.36. The molecule has 2 heteroatoms. The van der Waals surface area contributed by atoms with Crippen LogP contribution in [0.1, 0.15) is 25.0 Å². The Balaban J connectivity index is 1.22. The lowest BCUT2D eigenvalue weighted by Crippen LogP contribution is -2.17. The lowest BCUT2D eigenvalue weighted by Gasteiger charge is -2.30. The molecule has 252 valence electrons. The highest BCUT2D eigenvalue weighted by atomic mass is 16.3. The molecule has 0 saturated carbocycles. The fourth-order valence-corrected chi connectivity index (χ4v) is 8.46. The molecule has 0 fully saturated rings. The molecule has 2 nitrogen and oxygen atoms in total. The minimum atomic E-state index is -0.133. The van der Waals surface area contributed by atoms with E-state index in [0.29, 0.717) is 0 Å². The SMILES string of the molecule is CC1(C)c2ccccc2-c2ccc(N(c3ccc4oc5ccccc5c4c3)c3ccc(-c4ccccc4-c4ccccc4)cc3-c3ccccc3)cc21. The van der Waals surface area contributed by atoms with Gasteiger partial charge >= 0.3 is 0 Å². The summed E-state index contributed by atoms with van der Waals surface area (Å²) in [5.41, 5.74) is 17.4. The van der Waals surface area contributed by atoms with E-state index < -0.39 is 0 Å². The predicted molar refractivity (Wildman–Crippen MR) is 222 cm³/mol. The first-order valence-electron chi connectivity index (χ1n) is 18.3.